The molecule has 3 rings (SSSR count). The summed E-state index contributed by atoms with van der Waals surface area (Å²) in [4.78, 5) is 28.5. The molecule has 2 aliphatic heterocycles. The van der Waals surface area contributed by atoms with Crippen molar-refractivity contribution in [2.24, 2.45) is 5.92 Å². The molecule has 0 saturated carbocycles. The first-order chi connectivity index (χ1) is 13.0. The van der Waals surface area contributed by atoms with Crippen LogP contribution >= 0.6 is 0 Å². The smallest absolute Gasteiger partial charge is 0.325 e. The second-order valence-electron chi connectivity index (χ2n) is 7.21. The second kappa shape index (κ2) is 8.71. The number of rotatable bonds is 5. The Bertz CT molecular complexity index is 679. The highest BCUT2D eigenvalue weighted by Crippen LogP contribution is 2.31. The zero-order valence-electron chi connectivity index (χ0n) is 16.0. The lowest BCUT2D eigenvalue weighted by molar-refractivity contribution is -0.145. The molecule has 2 aliphatic rings. The SMILES string of the molecule is COc1ccc([C@H](C(=O)O)N2CCC(C(=O)N3CCOCC3)CC2)c(C)c1. The van der Waals surface area contributed by atoms with Gasteiger partial charge in [0.1, 0.15) is 11.8 Å². The fourth-order valence-electron chi connectivity index (χ4n) is 4.01. The Morgan fingerprint density at radius 3 is 2.41 bits per heavy atom. The van der Waals surface area contributed by atoms with Gasteiger partial charge in [-0.25, -0.2) is 0 Å². The third-order valence-corrected chi connectivity index (χ3v) is 5.57. The van der Waals surface area contributed by atoms with E-state index in [0.29, 0.717) is 52.2 Å². The van der Waals surface area contributed by atoms with Crippen molar-refractivity contribution in [1.82, 2.24) is 9.80 Å². The van der Waals surface area contributed by atoms with E-state index in [1.54, 1.807) is 13.2 Å². The first kappa shape index (κ1) is 19.6. The van der Waals surface area contributed by atoms with E-state index in [0.717, 1.165) is 16.9 Å². The molecule has 1 N–H and O–H groups in total. The minimum Gasteiger partial charge on any atom is -0.497 e. The van der Waals surface area contributed by atoms with Crippen LogP contribution in [0.4, 0.5) is 0 Å². The standard InChI is InChI=1S/C20H28N2O5/c1-14-13-16(26-2)3-4-17(14)18(20(24)25)21-7-5-15(6-8-21)19(23)22-9-11-27-12-10-22/h3-4,13,15,18H,5-12H2,1-2H3,(H,24,25)/t18-/m1/s1. The molecule has 1 atom stereocenters. The highest BCUT2D eigenvalue weighted by Gasteiger charge is 2.35. The lowest BCUT2D eigenvalue weighted by Crippen LogP contribution is -2.48. The lowest BCUT2D eigenvalue weighted by Gasteiger charge is -2.38. The number of carbonyl (C=O) groups is 2. The number of aryl methyl sites for hydroxylation is 1. The van der Waals surface area contributed by atoms with Crippen molar-refractivity contribution in [3.05, 3.63) is 29.3 Å². The summed E-state index contributed by atoms with van der Waals surface area (Å²) in [6.07, 6.45) is 1.38. The molecule has 0 aromatic heterocycles. The van der Waals surface area contributed by atoms with Crippen molar-refractivity contribution >= 4 is 11.9 Å². The number of methoxy groups -OCH3 is 1. The highest BCUT2D eigenvalue weighted by atomic mass is 16.5. The summed E-state index contributed by atoms with van der Waals surface area (Å²) in [5.74, 6) is 0.0210. The molecule has 1 amide bonds. The van der Waals surface area contributed by atoms with Crippen molar-refractivity contribution in [3.8, 4) is 5.75 Å². The van der Waals surface area contributed by atoms with Crippen LogP contribution in [0.15, 0.2) is 18.2 Å². The number of ether oxygens (including phenoxy) is 2. The second-order valence-corrected chi connectivity index (χ2v) is 7.21. The summed E-state index contributed by atoms with van der Waals surface area (Å²) in [5.41, 5.74) is 1.68. The Balaban J connectivity index is 1.67. The van der Waals surface area contributed by atoms with Crippen LogP contribution in [0.1, 0.15) is 30.0 Å². The average molecular weight is 376 g/mol. The number of morpholine rings is 1. The number of carboxylic acids is 1. The number of aliphatic carboxylic acids is 1. The fraction of sp³-hybridized carbons (Fsp3) is 0.600. The van der Waals surface area contributed by atoms with Crippen LogP contribution in [0.2, 0.25) is 0 Å². The van der Waals surface area contributed by atoms with Crippen LogP contribution in [0.25, 0.3) is 0 Å². The van der Waals surface area contributed by atoms with Crippen molar-refractivity contribution < 1.29 is 24.2 Å². The molecule has 7 heteroatoms. The summed E-state index contributed by atoms with van der Waals surface area (Å²) in [6, 6.07) is 4.79. The maximum absolute atomic E-state index is 12.7. The van der Waals surface area contributed by atoms with Gasteiger partial charge in [-0.05, 0) is 43.0 Å². The van der Waals surface area contributed by atoms with E-state index >= 15 is 0 Å². The number of carbonyl (C=O) groups excluding carboxylic acids is 1. The van der Waals surface area contributed by atoms with Gasteiger partial charge in [0.2, 0.25) is 5.91 Å². The normalized spacial score (nSPS) is 20.3. The van der Waals surface area contributed by atoms with Crippen LogP contribution in [-0.4, -0.2) is 73.3 Å². The Morgan fingerprint density at radius 2 is 1.85 bits per heavy atom. The Labute approximate surface area is 159 Å². The van der Waals surface area contributed by atoms with Crippen LogP contribution in [-0.2, 0) is 14.3 Å². The molecule has 0 aliphatic carbocycles. The summed E-state index contributed by atoms with van der Waals surface area (Å²) in [5, 5.41) is 9.85. The summed E-state index contributed by atoms with van der Waals surface area (Å²) < 4.78 is 10.5. The van der Waals surface area contributed by atoms with Gasteiger partial charge in [0.05, 0.1) is 20.3 Å². The van der Waals surface area contributed by atoms with Gasteiger partial charge in [0.15, 0.2) is 0 Å². The van der Waals surface area contributed by atoms with Crippen LogP contribution in [0.3, 0.4) is 0 Å². The van der Waals surface area contributed by atoms with Gasteiger partial charge in [0, 0.05) is 32.1 Å². The highest BCUT2D eigenvalue weighted by molar-refractivity contribution is 5.79. The number of likely N-dealkylation sites (tertiary alicyclic amines) is 1. The molecule has 1 aromatic rings. The molecule has 1 aromatic carbocycles. The van der Waals surface area contributed by atoms with E-state index < -0.39 is 12.0 Å². The van der Waals surface area contributed by atoms with Crippen molar-refractivity contribution in [2.45, 2.75) is 25.8 Å². The number of carboxylic acid groups (broad SMARTS) is 1. The monoisotopic (exact) mass is 376 g/mol. The third-order valence-electron chi connectivity index (χ3n) is 5.57. The molecule has 2 fully saturated rings. The molecule has 7 nitrogen and oxygen atoms in total. The van der Waals surface area contributed by atoms with Crippen molar-refractivity contribution in [1.29, 1.82) is 0 Å². The maximum atomic E-state index is 12.7. The van der Waals surface area contributed by atoms with Crippen molar-refractivity contribution in [3.63, 3.8) is 0 Å². The first-order valence-corrected chi connectivity index (χ1v) is 9.49. The van der Waals surface area contributed by atoms with Gasteiger partial charge in [0.25, 0.3) is 0 Å². The van der Waals surface area contributed by atoms with Gasteiger partial charge < -0.3 is 19.5 Å². The zero-order valence-corrected chi connectivity index (χ0v) is 16.0. The first-order valence-electron chi connectivity index (χ1n) is 9.49. The Kier molecular flexibility index (Phi) is 6.34. The Morgan fingerprint density at radius 1 is 1.19 bits per heavy atom. The van der Waals surface area contributed by atoms with Gasteiger partial charge >= 0.3 is 5.97 Å². The Hall–Kier alpha value is -2.12. The summed E-state index contributed by atoms with van der Waals surface area (Å²) in [6.45, 7) is 5.61. The van der Waals surface area contributed by atoms with Gasteiger partial charge in [-0.2, -0.15) is 0 Å². The molecule has 0 spiro atoms. The average Bonchev–Trinajstić information content (AvgIpc) is 2.69. The van der Waals surface area contributed by atoms with E-state index in [2.05, 4.69) is 0 Å². The number of piperidine rings is 1. The number of amides is 1. The van der Waals surface area contributed by atoms with E-state index in [-0.39, 0.29) is 11.8 Å². The zero-order chi connectivity index (χ0) is 19.4. The molecule has 0 bridgehead atoms. The van der Waals surface area contributed by atoms with E-state index in [1.807, 2.05) is 28.9 Å². The minimum atomic E-state index is -0.860. The predicted octanol–water partition coefficient (Wildman–Crippen LogP) is 1.70. The molecule has 2 saturated heterocycles. The molecule has 0 radical (unpaired) electrons. The molecular formula is C20H28N2O5. The van der Waals surface area contributed by atoms with Crippen molar-refractivity contribution in [2.75, 3.05) is 46.5 Å². The quantitative estimate of drug-likeness (QED) is 0.843. The topological polar surface area (TPSA) is 79.3 Å². The van der Waals surface area contributed by atoms with Crippen LogP contribution in [0.5, 0.6) is 5.75 Å². The summed E-state index contributed by atoms with van der Waals surface area (Å²) in [7, 11) is 1.60. The van der Waals surface area contributed by atoms with E-state index in [9.17, 15) is 14.7 Å². The number of nitrogens with zero attached hydrogens (tertiary/aromatic N) is 2. The minimum absolute atomic E-state index is 0.0224. The molecule has 27 heavy (non-hydrogen) atoms. The number of hydrogen-bond donors (Lipinski definition) is 1. The molecule has 148 valence electrons. The van der Waals surface area contributed by atoms with E-state index in [1.165, 1.54) is 0 Å². The molecule has 2 heterocycles. The van der Waals surface area contributed by atoms with Gasteiger partial charge in [-0.1, -0.05) is 6.07 Å². The molecule has 0 unspecified atom stereocenters. The van der Waals surface area contributed by atoms with Crippen LogP contribution < -0.4 is 4.74 Å². The predicted molar refractivity (Wildman–Crippen MR) is 99.8 cm³/mol. The largest absolute Gasteiger partial charge is 0.497 e. The number of hydrogen-bond acceptors (Lipinski definition) is 5. The van der Waals surface area contributed by atoms with E-state index in [4.69, 9.17) is 9.47 Å². The lowest BCUT2D eigenvalue weighted by atomic mass is 9.91. The molecular weight excluding hydrogens is 348 g/mol. The fourth-order valence-corrected chi connectivity index (χ4v) is 4.01. The van der Waals surface area contributed by atoms with Gasteiger partial charge in [-0.3, -0.25) is 14.5 Å². The number of benzene rings is 1. The summed E-state index contributed by atoms with van der Waals surface area (Å²) >= 11 is 0. The third kappa shape index (κ3) is 4.42. The maximum Gasteiger partial charge on any atom is 0.325 e. The van der Waals surface area contributed by atoms with Crippen LogP contribution in [0, 0.1) is 12.8 Å². The van der Waals surface area contributed by atoms with Gasteiger partial charge in [-0.15, -0.1) is 0 Å².